The summed E-state index contributed by atoms with van der Waals surface area (Å²) in [5, 5.41) is 2.56. The van der Waals surface area contributed by atoms with Crippen molar-refractivity contribution in [2.75, 3.05) is 22.3 Å². The van der Waals surface area contributed by atoms with Crippen LogP contribution in [-0.4, -0.2) is 43.3 Å². The molecule has 2 N–H and O–H groups in total. The lowest BCUT2D eigenvalue weighted by Gasteiger charge is -2.15. The quantitative estimate of drug-likeness (QED) is 0.733. The van der Waals surface area contributed by atoms with E-state index in [4.69, 9.17) is 0 Å². The minimum Gasteiger partial charge on any atom is -0.326 e. The van der Waals surface area contributed by atoms with E-state index in [1.54, 1.807) is 24.3 Å². The summed E-state index contributed by atoms with van der Waals surface area (Å²) < 4.78 is 27.0. The zero-order valence-electron chi connectivity index (χ0n) is 14.4. The number of hydrogen-bond acceptors (Lipinski definition) is 5. The van der Waals surface area contributed by atoms with Gasteiger partial charge in [-0.3, -0.25) is 24.0 Å². The Morgan fingerprint density at radius 1 is 0.963 bits per heavy atom. The molecule has 9 heteroatoms. The number of amides is 3. The van der Waals surface area contributed by atoms with Crippen molar-refractivity contribution in [2.45, 2.75) is 6.92 Å². The minimum atomic E-state index is -3.81. The second kappa shape index (κ2) is 7.20. The number of sulfonamides is 1. The Balaban J connectivity index is 1.67. The van der Waals surface area contributed by atoms with Gasteiger partial charge in [0, 0.05) is 19.2 Å². The SMILES string of the molecule is CC(=O)Nc1cccc(NS(=O)(=O)CCN2C(=O)c3ccccc3C2=O)c1. The molecular formula is C18H17N3O5S. The molecule has 0 unspecified atom stereocenters. The Kier molecular flexibility index (Phi) is 4.95. The lowest BCUT2D eigenvalue weighted by atomic mass is 10.1. The lowest BCUT2D eigenvalue weighted by Crippen LogP contribution is -2.35. The number of rotatable bonds is 6. The summed E-state index contributed by atoms with van der Waals surface area (Å²) in [5.74, 6) is -1.72. The molecule has 0 aliphatic carbocycles. The molecule has 8 nitrogen and oxygen atoms in total. The van der Waals surface area contributed by atoms with Gasteiger partial charge in [0.05, 0.1) is 22.6 Å². The van der Waals surface area contributed by atoms with Crippen LogP contribution in [0.4, 0.5) is 11.4 Å². The van der Waals surface area contributed by atoms with Crippen LogP contribution in [0, 0.1) is 0 Å². The van der Waals surface area contributed by atoms with E-state index in [9.17, 15) is 22.8 Å². The van der Waals surface area contributed by atoms with E-state index in [0.29, 0.717) is 5.69 Å². The minimum absolute atomic E-state index is 0.257. The molecule has 0 bridgehead atoms. The molecule has 0 radical (unpaired) electrons. The normalized spacial score (nSPS) is 13.4. The summed E-state index contributed by atoms with van der Waals surface area (Å²) in [5.41, 5.74) is 1.26. The van der Waals surface area contributed by atoms with E-state index in [1.807, 2.05) is 0 Å². The Labute approximate surface area is 156 Å². The predicted molar refractivity (Wildman–Crippen MR) is 100.0 cm³/mol. The first-order valence-electron chi connectivity index (χ1n) is 8.10. The van der Waals surface area contributed by atoms with Gasteiger partial charge in [0.2, 0.25) is 15.9 Å². The maximum Gasteiger partial charge on any atom is 0.261 e. The summed E-state index contributed by atoms with van der Waals surface area (Å²) in [7, 11) is -3.81. The fourth-order valence-corrected chi connectivity index (χ4v) is 3.76. The van der Waals surface area contributed by atoms with Gasteiger partial charge in [0.1, 0.15) is 0 Å². The van der Waals surface area contributed by atoms with Gasteiger partial charge in [-0.2, -0.15) is 0 Å². The van der Waals surface area contributed by atoms with E-state index in [2.05, 4.69) is 10.0 Å². The fraction of sp³-hybridized carbons (Fsp3) is 0.167. The third kappa shape index (κ3) is 4.14. The van der Waals surface area contributed by atoms with Gasteiger partial charge in [0.25, 0.3) is 11.8 Å². The van der Waals surface area contributed by atoms with Crippen molar-refractivity contribution in [3.05, 3.63) is 59.7 Å². The standard InChI is InChI=1S/C18H17N3O5S/c1-12(22)19-13-5-4-6-14(11-13)20-27(25,26)10-9-21-17(23)15-7-2-3-8-16(15)18(21)24/h2-8,11,20H,9-10H2,1H3,(H,19,22). The molecule has 3 amide bonds. The first-order chi connectivity index (χ1) is 12.8. The fourth-order valence-electron chi connectivity index (χ4n) is 2.75. The molecular weight excluding hydrogens is 370 g/mol. The Morgan fingerprint density at radius 2 is 1.56 bits per heavy atom. The largest absolute Gasteiger partial charge is 0.326 e. The maximum atomic E-state index is 12.3. The van der Waals surface area contributed by atoms with Crippen molar-refractivity contribution in [2.24, 2.45) is 0 Å². The van der Waals surface area contributed by atoms with Crippen molar-refractivity contribution in [3.8, 4) is 0 Å². The van der Waals surface area contributed by atoms with E-state index in [1.165, 1.54) is 31.2 Å². The molecule has 1 aliphatic heterocycles. The number of anilines is 2. The molecule has 140 valence electrons. The highest BCUT2D eigenvalue weighted by molar-refractivity contribution is 7.92. The van der Waals surface area contributed by atoms with Crippen LogP contribution in [0.2, 0.25) is 0 Å². The van der Waals surface area contributed by atoms with Crippen molar-refractivity contribution in [3.63, 3.8) is 0 Å². The van der Waals surface area contributed by atoms with Gasteiger partial charge in [-0.25, -0.2) is 8.42 Å². The Bertz CT molecular complexity index is 998. The first-order valence-corrected chi connectivity index (χ1v) is 9.75. The zero-order valence-corrected chi connectivity index (χ0v) is 15.2. The molecule has 0 aromatic heterocycles. The van der Waals surface area contributed by atoms with E-state index < -0.39 is 27.6 Å². The smallest absolute Gasteiger partial charge is 0.261 e. The van der Waals surface area contributed by atoms with Crippen molar-refractivity contribution in [1.82, 2.24) is 4.90 Å². The van der Waals surface area contributed by atoms with Crippen molar-refractivity contribution in [1.29, 1.82) is 0 Å². The van der Waals surface area contributed by atoms with Gasteiger partial charge in [-0.1, -0.05) is 18.2 Å². The summed E-state index contributed by atoms with van der Waals surface area (Å²) >= 11 is 0. The zero-order chi connectivity index (χ0) is 19.6. The number of carbonyl (C=O) groups excluding carboxylic acids is 3. The molecule has 3 rings (SSSR count). The molecule has 1 heterocycles. The van der Waals surface area contributed by atoms with Crippen LogP contribution < -0.4 is 10.0 Å². The van der Waals surface area contributed by atoms with Crippen LogP contribution in [0.5, 0.6) is 0 Å². The number of imide groups is 1. The molecule has 1 aliphatic rings. The van der Waals surface area contributed by atoms with Crippen LogP contribution in [0.25, 0.3) is 0 Å². The molecule has 2 aromatic carbocycles. The van der Waals surface area contributed by atoms with Crippen LogP contribution in [0.1, 0.15) is 27.6 Å². The average molecular weight is 387 g/mol. The highest BCUT2D eigenvalue weighted by atomic mass is 32.2. The number of nitrogens with zero attached hydrogens (tertiary/aromatic N) is 1. The molecule has 27 heavy (non-hydrogen) atoms. The lowest BCUT2D eigenvalue weighted by molar-refractivity contribution is -0.114. The molecule has 2 aromatic rings. The monoisotopic (exact) mass is 387 g/mol. The van der Waals surface area contributed by atoms with Crippen LogP contribution in [0.15, 0.2) is 48.5 Å². The number of nitrogens with one attached hydrogen (secondary N) is 2. The molecule has 0 fully saturated rings. The average Bonchev–Trinajstić information content (AvgIpc) is 2.84. The van der Waals surface area contributed by atoms with E-state index in [-0.39, 0.29) is 29.3 Å². The highest BCUT2D eigenvalue weighted by Crippen LogP contribution is 2.22. The number of benzene rings is 2. The highest BCUT2D eigenvalue weighted by Gasteiger charge is 2.35. The van der Waals surface area contributed by atoms with Gasteiger partial charge >= 0.3 is 0 Å². The van der Waals surface area contributed by atoms with Crippen molar-refractivity contribution >= 4 is 39.1 Å². The number of fused-ring (bicyclic) bond motifs is 1. The van der Waals surface area contributed by atoms with Crippen LogP contribution in [0.3, 0.4) is 0 Å². The number of carbonyl (C=O) groups is 3. The van der Waals surface area contributed by atoms with E-state index >= 15 is 0 Å². The summed E-state index contributed by atoms with van der Waals surface area (Å²) in [6.45, 7) is 1.09. The third-order valence-corrected chi connectivity index (χ3v) is 5.18. The van der Waals surface area contributed by atoms with Gasteiger partial charge in [-0.05, 0) is 30.3 Å². The molecule has 0 saturated heterocycles. The molecule has 0 atom stereocenters. The molecule has 0 spiro atoms. The first kappa shape index (κ1) is 18.6. The van der Waals surface area contributed by atoms with Crippen LogP contribution in [-0.2, 0) is 14.8 Å². The Morgan fingerprint density at radius 3 is 2.15 bits per heavy atom. The summed E-state index contributed by atoms with van der Waals surface area (Å²) in [4.78, 5) is 36.6. The summed E-state index contributed by atoms with van der Waals surface area (Å²) in [6, 6.07) is 12.6. The summed E-state index contributed by atoms with van der Waals surface area (Å²) in [6.07, 6.45) is 0. The van der Waals surface area contributed by atoms with Gasteiger partial charge < -0.3 is 5.32 Å². The Hall–Kier alpha value is -3.20. The maximum absolute atomic E-state index is 12.3. The van der Waals surface area contributed by atoms with E-state index in [0.717, 1.165) is 4.90 Å². The van der Waals surface area contributed by atoms with Gasteiger partial charge in [-0.15, -0.1) is 0 Å². The second-order valence-electron chi connectivity index (χ2n) is 5.99. The second-order valence-corrected chi connectivity index (χ2v) is 7.83. The topological polar surface area (TPSA) is 113 Å². The predicted octanol–water partition coefficient (Wildman–Crippen LogP) is 1.68. The van der Waals surface area contributed by atoms with Crippen molar-refractivity contribution < 1.29 is 22.8 Å². The molecule has 0 saturated carbocycles. The van der Waals surface area contributed by atoms with Gasteiger partial charge in [0.15, 0.2) is 0 Å². The van der Waals surface area contributed by atoms with Crippen LogP contribution >= 0.6 is 0 Å². The number of hydrogen-bond donors (Lipinski definition) is 2. The third-order valence-electron chi connectivity index (χ3n) is 3.92.